The van der Waals surface area contributed by atoms with E-state index in [1.165, 1.54) is 12.1 Å². The molecule has 1 aliphatic rings. The minimum atomic E-state index is -3.64. The van der Waals surface area contributed by atoms with E-state index < -0.39 is 10.0 Å². The summed E-state index contributed by atoms with van der Waals surface area (Å²) in [5, 5.41) is 1.10. The number of benzene rings is 2. The first-order valence-corrected chi connectivity index (χ1v) is 11.0. The van der Waals surface area contributed by atoms with Gasteiger partial charge in [-0.15, -0.1) is 0 Å². The molecule has 0 bridgehead atoms. The highest BCUT2D eigenvalue weighted by atomic mass is 32.2. The molecule has 4 rings (SSSR count). The molecular weight excluding hydrogens is 390 g/mol. The SMILES string of the molecule is O=C(c1ccc(S(=O)(=O)NCCc2c[nH]c3ccccc23)cc1)N1CCOCC1. The molecule has 0 atom stereocenters. The number of aromatic amines is 1. The molecule has 0 unspecified atom stereocenters. The van der Waals surface area contributed by atoms with Crippen LogP contribution in [-0.4, -0.2) is 57.1 Å². The van der Waals surface area contributed by atoms with E-state index >= 15 is 0 Å². The molecule has 1 aromatic heterocycles. The first-order valence-electron chi connectivity index (χ1n) is 9.56. The zero-order valence-electron chi connectivity index (χ0n) is 15.9. The maximum absolute atomic E-state index is 12.6. The van der Waals surface area contributed by atoms with Crippen molar-refractivity contribution >= 4 is 26.8 Å². The van der Waals surface area contributed by atoms with E-state index in [1.54, 1.807) is 17.0 Å². The number of nitrogens with zero attached hydrogens (tertiary/aromatic N) is 1. The van der Waals surface area contributed by atoms with Gasteiger partial charge in [0.15, 0.2) is 0 Å². The normalized spacial score (nSPS) is 15.0. The summed E-state index contributed by atoms with van der Waals surface area (Å²) in [5.74, 6) is -0.107. The molecule has 1 fully saturated rings. The van der Waals surface area contributed by atoms with E-state index in [4.69, 9.17) is 4.74 Å². The fraction of sp³-hybridized carbons (Fsp3) is 0.286. The van der Waals surface area contributed by atoms with Gasteiger partial charge in [-0.2, -0.15) is 0 Å². The highest BCUT2D eigenvalue weighted by Crippen LogP contribution is 2.18. The summed E-state index contributed by atoms with van der Waals surface area (Å²) >= 11 is 0. The van der Waals surface area contributed by atoms with Crippen molar-refractivity contribution in [2.24, 2.45) is 0 Å². The number of hydrogen-bond donors (Lipinski definition) is 2. The van der Waals surface area contributed by atoms with Crippen LogP contribution >= 0.6 is 0 Å². The first-order chi connectivity index (χ1) is 14.0. The van der Waals surface area contributed by atoms with Crippen molar-refractivity contribution in [1.29, 1.82) is 0 Å². The van der Waals surface area contributed by atoms with E-state index in [9.17, 15) is 13.2 Å². The van der Waals surface area contributed by atoms with Crippen LogP contribution in [0.1, 0.15) is 15.9 Å². The van der Waals surface area contributed by atoms with Crippen LogP contribution in [0.2, 0.25) is 0 Å². The van der Waals surface area contributed by atoms with Gasteiger partial charge in [0, 0.05) is 42.3 Å². The Kier molecular flexibility index (Phi) is 5.66. The van der Waals surface area contributed by atoms with Crippen LogP contribution in [-0.2, 0) is 21.2 Å². The smallest absolute Gasteiger partial charge is 0.254 e. The number of amides is 1. The Morgan fingerprint density at radius 3 is 2.55 bits per heavy atom. The van der Waals surface area contributed by atoms with Crippen molar-refractivity contribution in [3.05, 3.63) is 65.9 Å². The average Bonchev–Trinajstić information content (AvgIpc) is 3.17. The van der Waals surface area contributed by atoms with Gasteiger partial charge in [-0.3, -0.25) is 4.79 Å². The number of carbonyl (C=O) groups is 1. The van der Waals surface area contributed by atoms with Crippen LogP contribution in [0.25, 0.3) is 10.9 Å². The van der Waals surface area contributed by atoms with Gasteiger partial charge in [-0.1, -0.05) is 18.2 Å². The monoisotopic (exact) mass is 413 g/mol. The number of sulfonamides is 1. The number of carbonyl (C=O) groups excluding carboxylic acids is 1. The summed E-state index contributed by atoms with van der Waals surface area (Å²) in [4.78, 5) is 17.5. The van der Waals surface area contributed by atoms with Crippen LogP contribution in [0.5, 0.6) is 0 Å². The van der Waals surface area contributed by atoms with Crippen LogP contribution in [0.15, 0.2) is 59.6 Å². The van der Waals surface area contributed by atoms with Gasteiger partial charge in [0.25, 0.3) is 5.91 Å². The molecule has 8 heteroatoms. The molecule has 2 N–H and O–H groups in total. The van der Waals surface area contributed by atoms with Crippen molar-refractivity contribution in [3.8, 4) is 0 Å². The van der Waals surface area contributed by atoms with Crippen LogP contribution in [0.3, 0.4) is 0 Å². The van der Waals surface area contributed by atoms with Crippen molar-refractivity contribution in [1.82, 2.24) is 14.6 Å². The molecule has 1 aliphatic heterocycles. The van der Waals surface area contributed by atoms with Gasteiger partial charge in [-0.25, -0.2) is 13.1 Å². The maximum atomic E-state index is 12.6. The largest absolute Gasteiger partial charge is 0.378 e. The molecule has 0 radical (unpaired) electrons. The summed E-state index contributed by atoms with van der Waals surface area (Å²) in [5.41, 5.74) is 2.57. The maximum Gasteiger partial charge on any atom is 0.254 e. The predicted octanol–water partition coefficient (Wildman–Crippen LogP) is 2.16. The zero-order valence-corrected chi connectivity index (χ0v) is 16.7. The summed E-state index contributed by atoms with van der Waals surface area (Å²) in [6, 6.07) is 14.0. The number of fused-ring (bicyclic) bond motifs is 1. The van der Waals surface area contributed by atoms with E-state index in [0.717, 1.165) is 16.5 Å². The fourth-order valence-electron chi connectivity index (χ4n) is 3.47. The molecule has 2 aromatic carbocycles. The highest BCUT2D eigenvalue weighted by Gasteiger charge is 2.20. The number of rotatable bonds is 6. The van der Waals surface area contributed by atoms with Crippen LogP contribution in [0, 0.1) is 0 Å². The van der Waals surface area contributed by atoms with Gasteiger partial charge in [-0.05, 0) is 42.3 Å². The molecule has 1 saturated heterocycles. The Morgan fingerprint density at radius 1 is 1.07 bits per heavy atom. The molecular formula is C21H23N3O4S. The minimum Gasteiger partial charge on any atom is -0.378 e. The third kappa shape index (κ3) is 4.34. The summed E-state index contributed by atoms with van der Waals surface area (Å²) in [6.45, 7) is 2.44. The second kappa shape index (κ2) is 8.36. The highest BCUT2D eigenvalue weighted by molar-refractivity contribution is 7.89. The molecule has 2 heterocycles. The lowest BCUT2D eigenvalue weighted by atomic mass is 10.1. The van der Waals surface area contributed by atoms with Gasteiger partial charge in [0.1, 0.15) is 0 Å². The number of H-pyrrole nitrogens is 1. The molecule has 3 aromatic rings. The number of hydrogen-bond acceptors (Lipinski definition) is 4. The molecule has 7 nitrogen and oxygen atoms in total. The molecule has 29 heavy (non-hydrogen) atoms. The van der Waals surface area contributed by atoms with Crippen molar-refractivity contribution in [3.63, 3.8) is 0 Å². The van der Waals surface area contributed by atoms with Gasteiger partial charge < -0.3 is 14.6 Å². The van der Waals surface area contributed by atoms with E-state index in [2.05, 4.69) is 9.71 Å². The van der Waals surface area contributed by atoms with E-state index in [0.29, 0.717) is 44.8 Å². The molecule has 0 saturated carbocycles. The Labute approximate surface area is 169 Å². The summed E-state index contributed by atoms with van der Waals surface area (Å²) in [7, 11) is -3.64. The van der Waals surface area contributed by atoms with Crippen molar-refractivity contribution in [2.75, 3.05) is 32.8 Å². The number of nitrogens with one attached hydrogen (secondary N) is 2. The Hall–Kier alpha value is -2.68. The topological polar surface area (TPSA) is 91.5 Å². The van der Waals surface area contributed by atoms with Gasteiger partial charge >= 0.3 is 0 Å². The Morgan fingerprint density at radius 2 is 1.79 bits per heavy atom. The molecule has 152 valence electrons. The molecule has 0 spiro atoms. The average molecular weight is 413 g/mol. The first kappa shape index (κ1) is 19.6. The van der Waals surface area contributed by atoms with E-state index in [1.807, 2.05) is 30.5 Å². The molecule has 0 aliphatic carbocycles. The Balaban J connectivity index is 1.38. The fourth-order valence-corrected chi connectivity index (χ4v) is 4.50. The zero-order chi connectivity index (χ0) is 20.3. The lowest BCUT2D eigenvalue weighted by molar-refractivity contribution is 0.0303. The van der Waals surface area contributed by atoms with Crippen molar-refractivity contribution in [2.45, 2.75) is 11.3 Å². The van der Waals surface area contributed by atoms with Crippen LogP contribution in [0.4, 0.5) is 0 Å². The number of para-hydroxylation sites is 1. The molecule has 1 amide bonds. The Bertz CT molecular complexity index is 1100. The second-order valence-electron chi connectivity index (χ2n) is 6.94. The van der Waals surface area contributed by atoms with E-state index in [-0.39, 0.29) is 10.8 Å². The second-order valence-corrected chi connectivity index (χ2v) is 8.70. The lowest BCUT2D eigenvalue weighted by Gasteiger charge is -2.26. The van der Waals surface area contributed by atoms with Gasteiger partial charge in [0.2, 0.25) is 10.0 Å². The number of morpholine rings is 1. The number of aromatic nitrogens is 1. The standard InChI is InChI=1S/C21H23N3O4S/c25-21(24-11-13-28-14-12-24)16-5-7-18(8-6-16)29(26,27)23-10-9-17-15-22-20-4-2-1-3-19(17)20/h1-8,15,22-23H,9-14H2. The van der Waals surface area contributed by atoms with Gasteiger partial charge in [0.05, 0.1) is 18.1 Å². The number of ether oxygens (including phenoxy) is 1. The quantitative estimate of drug-likeness (QED) is 0.648. The lowest BCUT2D eigenvalue weighted by Crippen LogP contribution is -2.40. The summed E-state index contributed by atoms with van der Waals surface area (Å²) < 4.78 is 33.0. The minimum absolute atomic E-state index is 0.107. The predicted molar refractivity (Wildman–Crippen MR) is 110 cm³/mol. The third-order valence-electron chi connectivity index (χ3n) is 5.07. The summed E-state index contributed by atoms with van der Waals surface area (Å²) in [6.07, 6.45) is 2.49. The third-order valence-corrected chi connectivity index (χ3v) is 6.55. The van der Waals surface area contributed by atoms with Crippen molar-refractivity contribution < 1.29 is 17.9 Å². The van der Waals surface area contributed by atoms with Crippen LogP contribution < -0.4 is 4.72 Å².